The lowest BCUT2D eigenvalue weighted by Gasteiger charge is -2.18. The largest absolute Gasteiger partial charge is 0.496 e. The molecule has 1 aromatic heterocycles. The first-order chi connectivity index (χ1) is 12.5. The van der Waals surface area contributed by atoms with Gasteiger partial charge in [0, 0.05) is 29.7 Å². The number of hydrogen-bond acceptors (Lipinski definition) is 4. The van der Waals surface area contributed by atoms with Crippen molar-refractivity contribution in [1.82, 2.24) is 9.88 Å². The molecule has 7 heteroatoms. The molecule has 0 unspecified atom stereocenters. The Labute approximate surface area is 159 Å². The van der Waals surface area contributed by atoms with Crippen LogP contribution in [-0.4, -0.2) is 29.9 Å². The van der Waals surface area contributed by atoms with Gasteiger partial charge in [0.1, 0.15) is 21.5 Å². The molecular weight excluding hydrogens is 375 g/mol. The summed E-state index contributed by atoms with van der Waals surface area (Å²) in [7, 11) is 3.25. The van der Waals surface area contributed by atoms with Crippen LogP contribution in [0.3, 0.4) is 0 Å². The van der Waals surface area contributed by atoms with E-state index in [2.05, 4.69) is 4.98 Å². The Morgan fingerprint density at radius 1 is 1.31 bits per heavy atom. The molecule has 0 saturated heterocycles. The van der Waals surface area contributed by atoms with Gasteiger partial charge in [0.25, 0.3) is 5.91 Å². The van der Waals surface area contributed by atoms with Gasteiger partial charge in [0.05, 0.1) is 13.3 Å². The van der Waals surface area contributed by atoms with Crippen molar-refractivity contribution >= 4 is 28.8 Å². The Hall–Kier alpha value is -2.44. The number of rotatable bonds is 5. The highest BCUT2D eigenvalue weighted by atomic mass is 35.5. The number of nitrogens with zero attached hydrogens (tertiary/aromatic N) is 2. The number of amides is 1. The maximum Gasteiger partial charge on any atom is 0.265 e. The lowest BCUT2D eigenvalue weighted by Crippen LogP contribution is -2.25. The number of thiazole rings is 1. The average molecular weight is 391 g/mol. The number of methoxy groups -OCH3 is 1. The molecular formula is C19H16ClFN2O2S. The van der Waals surface area contributed by atoms with Crippen LogP contribution >= 0.6 is 22.9 Å². The van der Waals surface area contributed by atoms with Crippen LogP contribution in [0, 0.1) is 5.82 Å². The first-order valence-corrected chi connectivity index (χ1v) is 8.97. The lowest BCUT2D eigenvalue weighted by atomic mass is 10.2. The van der Waals surface area contributed by atoms with Gasteiger partial charge in [-0.25, -0.2) is 9.37 Å². The van der Waals surface area contributed by atoms with Gasteiger partial charge in [-0.3, -0.25) is 4.79 Å². The van der Waals surface area contributed by atoms with Crippen molar-refractivity contribution in [2.45, 2.75) is 6.54 Å². The zero-order valence-corrected chi connectivity index (χ0v) is 15.8. The third-order valence-corrected chi connectivity index (χ3v) is 5.07. The van der Waals surface area contributed by atoms with Crippen LogP contribution in [-0.2, 0) is 6.54 Å². The SMILES string of the molecule is COc1ccc(Cl)cc1CN(C)C(=O)c1cnc(-c2ccccc2F)s1. The first-order valence-electron chi connectivity index (χ1n) is 7.78. The summed E-state index contributed by atoms with van der Waals surface area (Å²) < 4.78 is 19.2. The average Bonchev–Trinajstić information content (AvgIpc) is 3.11. The third kappa shape index (κ3) is 3.86. The van der Waals surface area contributed by atoms with Gasteiger partial charge in [-0.1, -0.05) is 23.7 Å². The van der Waals surface area contributed by atoms with E-state index in [9.17, 15) is 9.18 Å². The van der Waals surface area contributed by atoms with Crippen LogP contribution in [0.5, 0.6) is 5.75 Å². The van der Waals surface area contributed by atoms with Crippen molar-refractivity contribution in [3.8, 4) is 16.3 Å². The summed E-state index contributed by atoms with van der Waals surface area (Å²) in [4.78, 5) is 18.9. The minimum Gasteiger partial charge on any atom is -0.496 e. The van der Waals surface area contributed by atoms with E-state index < -0.39 is 0 Å². The molecule has 0 saturated carbocycles. The van der Waals surface area contributed by atoms with Gasteiger partial charge < -0.3 is 9.64 Å². The van der Waals surface area contributed by atoms with E-state index in [1.807, 2.05) is 0 Å². The second-order valence-electron chi connectivity index (χ2n) is 5.63. The number of carbonyl (C=O) groups is 1. The molecule has 1 amide bonds. The van der Waals surface area contributed by atoms with Crippen molar-refractivity contribution in [2.75, 3.05) is 14.2 Å². The summed E-state index contributed by atoms with van der Waals surface area (Å²) in [5.74, 6) is 0.0929. The molecule has 4 nitrogen and oxygen atoms in total. The highest BCUT2D eigenvalue weighted by Gasteiger charge is 2.18. The van der Waals surface area contributed by atoms with Gasteiger partial charge in [0.15, 0.2) is 0 Å². The molecule has 26 heavy (non-hydrogen) atoms. The monoisotopic (exact) mass is 390 g/mol. The molecule has 0 N–H and O–H groups in total. The quantitative estimate of drug-likeness (QED) is 0.623. The summed E-state index contributed by atoms with van der Waals surface area (Å²) in [6, 6.07) is 11.6. The summed E-state index contributed by atoms with van der Waals surface area (Å²) in [5.41, 5.74) is 1.19. The third-order valence-electron chi connectivity index (χ3n) is 3.82. The summed E-state index contributed by atoms with van der Waals surface area (Å²) >= 11 is 7.20. The Kier molecular flexibility index (Phi) is 5.54. The first kappa shape index (κ1) is 18.4. The van der Waals surface area contributed by atoms with E-state index in [0.717, 1.165) is 16.9 Å². The van der Waals surface area contributed by atoms with Crippen molar-refractivity contribution < 1.29 is 13.9 Å². The molecule has 0 fully saturated rings. The Bertz CT molecular complexity index is 945. The molecule has 0 aliphatic rings. The van der Waals surface area contributed by atoms with E-state index in [-0.39, 0.29) is 11.7 Å². The minimum absolute atomic E-state index is 0.202. The fourth-order valence-corrected chi connectivity index (χ4v) is 3.65. The second kappa shape index (κ2) is 7.85. The molecule has 0 bridgehead atoms. The number of carbonyl (C=O) groups excluding carboxylic acids is 1. The molecule has 3 aromatic rings. The minimum atomic E-state index is -0.363. The second-order valence-corrected chi connectivity index (χ2v) is 7.09. The Balaban J connectivity index is 1.80. The predicted octanol–water partition coefficient (Wildman–Crippen LogP) is 4.88. The highest BCUT2D eigenvalue weighted by Crippen LogP contribution is 2.29. The maximum atomic E-state index is 13.9. The van der Waals surface area contributed by atoms with Crippen LogP contribution in [0.15, 0.2) is 48.7 Å². The maximum absolute atomic E-state index is 13.9. The van der Waals surface area contributed by atoms with Gasteiger partial charge >= 0.3 is 0 Å². The normalized spacial score (nSPS) is 10.6. The topological polar surface area (TPSA) is 42.4 Å². The molecule has 1 heterocycles. The number of hydrogen-bond donors (Lipinski definition) is 0. The number of ether oxygens (including phenoxy) is 1. The summed E-state index contributed by atoms with van der Waals surface area (Å²) in [6.45, 7) is 0.329. The smallest absolute Gasteiger partial charge is 0.265 e. The van der Waals surface area contributed by atoms with Crippen molar-refractivity contribution in [2.24, 2.45) is 0 Å². The van der Waals surface area contributed by atoms with Crippen LogP contribution in [0.1, 0.15) is 15.2 Å². The van der Waals surface area contributed by atoms with Crippen molar-refractivity contribution in [1.29, 1.82) is 0 Å². The van der Waals surface area contributed by atoms with Gasteiger partial charge in [0.2, 0.25) is 0 Å². The zero-order chi connectivity index (χ0) is 18.7. The fraction of sp³-hybridized carbons (Fsp3) is 0.158. The van der Waals surface area contributed by atoms with Crippen molar-refractivity contribution in [3.05, 3.63) is 69.9 Å². The molecule has 0 aliphatic carbocycles. The van der Waals surface area contributed by atoms with Gasteiger partial charge in [-0.05, 0) is 30.3 Å². The van der Waals surface area contributed by atoms with Crippen LogP contribution in [0.2, 0.25) is 5.02 Å². The summed E-state index contributed by atoms with van der Waals surface area (Å²) in [5, 5.41) is 1.04. The van der Waals surface area contributed by atoms with E-state index in [1.54, 1.807) is 55.5 Å². The molecule has 0 aliphatic heterocycles. The lowest BCUT2D eigenvalue weighted by molar-refractivity contribution is 0.0788. The number of aromatic nitrogens is 1. The fourth-order valence-electron chi connectivity index (χ4n) is 2.52. The van der Waals surface area contributed by atoms with Crippen LogP contribution < -0.4 is 4.74 Å². The van der Waals surface area contributed by atoms with E-state index in [0.29, 0.717) is 32.8 Å². The van der Waals surface area contributed by atoms with Gasteiger partial charge in [-0.15, -0.1) is 11.3 Å². The molecule has 3 rings (SSSR count). The molecule has 0 radical (unpaired) electrons. The number of halogens is 2. The molecule has 0 atom stereocenters. The summed E-state index contributed by atoms with van der Waals surface area (Å²) in [6.07, 6.45) is 1.47. The van der Waals surface area contributed by atoms with E-state index in [4.69, 9.17) is 16.3 Å². The van der Waals surface area contributed by atoms with E-state index >= 15 is 0 Å². The van der Waals surface area contributed by atoms with Crippen molar-refractivity contribution in [3.63, 3.8) is 0 Å². The molecule has 134 valence electrons. The van der Waals surface area contributed by atoms with Crippen LogP contribution in [0.25, 0.3) is 10.6 Å². The highest BCUT2D eigenvalue weighted by molar-refractivity contribution is 7.16. The molecule has 2 aromatic carbocycles. The van der Waals surface area contributed by atoms with Gasteiger partial charge in [-0.2, -0.15) is 0 Å². The predicted molar refractivity (Wildman–Crippen MR) is 101 cm³/mol. The Morgan fingerprint density at radius 3 is 2.81 bits per heavy atom. The zero-order valence-electron chi connectivity index (χ0n) is 14.2. The van der Waals surface area contributed by atoms with Crippen LogP contribution in [0.4, 0.5) is 4.39 Å². The Morgan fingerprint density at radius 2 is 2.08 bits per heavy atom. The number of benzene rings is 2. The standard InChI is InChI=1S/C19H16ClFN2O2S/c1-23(11-12-9-13(20)7-8-16(12)25-2)19(24)17-10-22-18(26-17)14-5-3-4-6-15(14)21/h3-10H,11H2,1-2H3. The molecule has 0 spiro atoms. The van der Waals surface area contributed by atoms with E-state index in [1.165, 1.54) is 12.3 Å².